The minimum absolute atomic E-state index is 0.0487. The average molecular weight is 403 g/mol. The van der Waals surface area contributed by atoms with Crippen molar-refractivity contribution >= 4 is 28.2 Å². The maximum Gasteiger partial charge on any atom is 0.270 e. The van der Waals surface area contributed by atoms with E-state index in [1.807, 2.05) is 12.1 Å². The smallest absolute Gasteiger partial charge is 0.270 e. The lowest BCUT2D eigenvalue weighted by atomic mass is 10.1. The van der Waals surface area contributed by atoms with Crippen molar-refractivity contribution < 1.29 is 19.2 Å². The van der Waals surface area contributed by atoms with Crippen LogP contribution in [0.1, 0.15) is 10.4 Å². The van der Waals surface area contributed by atoms with Gasteiger partial charge in [0, 0.05) is 29.2 Å². The molecular weight excluding hydrogens is 386 g/mol. The van der Waals surface area contributed by atoms with Crippen LogP contribution in [0.2, 0.25) is 0 Å². The molecule has 0 bridgehead atoms. The Kier molecular flexibility index (Phi) is 5.04. The lowest BCUT2D eigenvalue weighted by Crippen LogP contribution is -2.13. The SMILES string of the molecule is COc1ccc(Oc2ccc([N+](=O)[O-])cc2C(=O)Nc2cccc3[nH]ccc23)cc1. The Hall–Kier alpha value is -4.33. The number of carbonyl (C=O) groups is 1. The number of rotatable bonds is 6. The highest BCUT2D eigenvalue weighted by Gasteiger charge is 2.19. The van der Waals surface area contributed by atoms with Crippen molar-refractivity contribution in [3.05, 3.63) is 88.6 Å². The van der Waals surface area contributed by atoms with Gasteiger partial charge in [0.25, 0.3) is 11.6 Å². The van der Waals surface area contributed by atoms with Crippen LogP contribution in [0, 0.1) is 10.1 Å². The van der Waals surface area contributed by atoms with Gasteiger partial charge in [-0.2, -0.15) is 0 Å². The summed E-state index contributed by atoms with van der Waals surface area (Å²) in [6.07, 6.45) is 1.77. The highest BCUT2D eigenvalue weighted by molar-refractivity contribution is 6.10. The molecular formula is C22H17N3O5. The number of aromatic nitrogens is 1. The molecule has 4 aromatic rings. The van der Waals surface area contributed by atoms with Crippen LogP contribution in [0.3, 0.4) is 0 Å². The van der Waals surface area contributed by atoms with Crippen molar-refractivity contribution in [3.8, 4) is 17.2 Å². The topological polar surface area (TPSA) is 106 Å². The fraction of sp³-hybridized carbons (Fsp3) is 0.0455. The molecule has 0 unspecified atom stereocenters. The maximum atomic E-state index is 13.0. The van der Waals surface area contributed by atoms with E-state index in [1.165, 1.54) is 18.2 Å². The van der Waals surface area contributed by atoms with E-state index in [9.17, 15) is 14.9 Å². The minimum Gasteiger partial charge on any atom is -0.497 e. The lowest BCUT2D eigenvalue weighted by molar-refractivity contribution is -0.384. The number of aromatic amines is 1. The van der Waals surface area contributed by atoms with Crippen LogP contribution in [0.5, 0.6) is 17.2 Å². The van der Waals surface area contributed by atoms with Gasteiger partial charge < -0.3 is 19.8 Å². The molecule has 0 aliphatic rings. The van der Waals surface area contributed by atoms with Crippen LogP contribution in [-0.2, 0) is 0 Å². The Balaban J connectivity index is 1.68. The molecule has 0 fully saturated rings. The van der Waals surface area contributed by atoms with Gasteiger partial charge in [-0.05, 0) is 48.5 Å². The monoisotopic (exact) mass is 403 g/mol. The van der Waals surface area contributed by atoms with Crippen LogP contribution in [-0.4, -0.2) is 22.9 Å². The molecule has 0 atom stereocenters. The number of H-pyrrole nitrogens is 1. The summed E-state index contributed by atoms with van der Waals surface area (Å²) >= 11 is 0. The number of carbonyl (C=O) groups excluding carboxylic acids is 1. The Labute approximate surface area is 171 Å². The number of fused-ring (bicyclic) bond motifs is 1. The van der Waals surface area contributed by atoms with E-state index in [-0.39, 0.29) is 17.0 Å². The Bertz CT molecular complexity index is 1230. The van der Waals surface area contributed by atoms with Gasteiger partial charge in [-0.25, -0.2) is 0 Å². The standard InChI is InChI=1S/C22H17N3O5/c1-29-15-6-8-16(9-7-15)30-21-10-5-14(25(27)28)13-18(21)22(26)24-20-4-2-3-19-17(20)11-12-23-19/h2-13,23H,1H3,(H,24,26). The fourth-order valence-electron chi connectivity index (χ4n) is 3.05. The maximum absolute atomic E-state index is 13.0. The van der Waals surface area contributed by atoms with Crippen LogP contribution >= 0.6 is 0 Å². The molecule has 0 saturated heterocycles. The largest absolute Gasteiger partial charge is 0.497 e. The molecule has 4 rings (SSSR count). The summed E-state index contributed by atoms with van der Waals surface area (Å²) in [4.78, 5) is 26.8. The normalized spacial score (nSPS) is 10.6. The molecule has 1 heterocycles. The number of nitrogens with one attached hydrogen (secondary N) is 2. The first-order valence-corrected chi connectivity index (χ1v) is 9.03. The minimum atomic E-state index is -0.555. The molecule has 8 heteroatoms. The lowest BCUT2D eigenvalue weighted by Gasteiger charge is -2.12. The zero-order valence-electron chi connectivity index (χ0n) is 15.9. The summed E-state index contributed by atoms with van der Waals surface area (Å²) in [6, 6.07) is 18.0. The number of benzene rings is 3. The fourth-order valence-corrected chi connectivity index (χ4v) is 3.05. The van der Waals surface area contributed by atoms with Gasteiger partial charge >= 0.3 is 0 Å². The van der Waals surface area contributed by atoms with Gasteiger partial charge in [-0.15, -0.1) is 0 Å². The van der Waals surface area contributed by atoms with E-state index in [0.717, 1.165) is 10.9 Å². The summed E-state index contributed by atoms with van der Waals surface area (Å²) in [6.45, 7) is 0. The Morgan fingerprint density at radius 3 is 2.53 bits per heavy atom. The molecule has 0 radical (unpaired) electrons. The number of hydrogen-bond acceptors (Lipinski definition) is 5. The van der Waals surface area contributed by atoms with Gasteiger partial charge in [0.1, 0.15) is 17.2 Å². The van der Waals surface area contributed by atoms with E-state index < -0.39 is 10.8 Å². The molecule has 1 aromatic heterocycles. The molecule has 0 saturated carbocycles. The van der Waals surface area contributed by atoms with Gasteiger partial charge in [0.2, 0.25) is 0 Å². The van der Waals surface area contributed by atoms with Crippen LogP contribution in [0.4, 0.5) is 11.4 Å². The first kappa shape index (κ1) is 19.0. The van der Waals surface area contributed by atoms with Crippen molar-refractivity contribution in [2.24, 2.45) is 0 Å². The van der Waals surface area contributed by atoms with Crippen molar-refractivity contribution in [1.29, 1.82) is 0 Å². The zero-order chi connectivity index (χ0) is 21.1. The second-order valence-electron chi connectivity index (χ2n) is 6.41. The number of nitro benzene ring substituents is 1. The number of amides is 1. The van der Waals surface area contributed by atoms with Crippen molar-refractivity contribution in [2.45, 2.75) is 0 Å². The Morgan fingerprint density at radius 2 is 1.80 bits per heavy atom. The molecule has 3 aromatic carbocycles. The first-order chi connectivity index (χ1) is 14.5. The highest BCUT2D eigenvalue weighted by atomic mass is 16.6. The quantitative estimate of drug-likeness (QED) is 0.343. The second-order valence-corrected chi connectivity index (χ2v) is 6.41. The van der Waals surface area contributed by atoms with Crippen LogP contribution in [0.15, 0.2) is 72.9 Å². The highest BCUT2D eigenvalue weighted by Crippen LogP contribution is 2.31. The van der Waals surface area contributed by atoms with Crippen molar-refractivity contribution in [3.63, 3.8) is 0 Å². The molecule has 0 aliphatic heterocycles. The van der Waals surface area contributed by atoms with Gasteiger partial charge in [-0.1, -0.05) is 6.07 Å². The molecule has 8 nitrogen and oxygen atoms in total. The summed E-state index contributed by atoms with van der Waals surface area (Å²) in [5.41, 5.74) is 1.29. The molecule has 0 aliphatic carbocycles. The van der Waals surface area contributed by atoms with Crippen molar-refractivity contribution in [1.82, 2.24) is 4.98 Å². The summed E-state index contributed by atoms with van der Waals surface area (Å²) in [5.74, 6) is 0.801. The number of anilines is 1. The van der Waals surface area contributed by atoms with Crippen LogP contribution < -0.4 is 14.8 Å². The summed E-state index contributed by atoms with van der Waals surface area (Å²) in [5, 5.41) is 14.9. The molecule has 0 spiro atoms. The number of non-ortho nitro benzene ring substituents is 1. The number of ether oxygens (including phenoxy) is 2. The van der Waals surface area contributed by atoms with Gasteiger partial charge in [0.15, 0.2) is 0 Å². The number of nitro groups is 1. The average Bonchev–Trinajstić information content (AvgIpc) is 3.24. The van der Waals surface area contributed by atoms with Gasteiger partial charge in [-0.3, -0.25) is 14.9 Å². The van der Waals surface area contributed by atoms with E-state index in [0.29, 0.717) is 17.2 Å². The zero-order valence-corrected chi connectivity index (χ0v) is 15.9. The third-order valence-corrected chi connectivity index (χ3v) is 4.55. The number of methoxy groups -OCH3 is 1. The van der Waals surface area contributed by atoms with E-state index in [4.69, 9.17) is 9.47 Å². The Morgan fingerprint density at radius 1 is 1.03 bits per heavy atom. The second kappa shape index (κ2) is 7.96. The molecule has 150 valence electrons. The first-order valence-electron chi connectivity index (χ1n) is 9.03. The molecule has 30 heavy (non-hydrogen) atoms. The predicted molar refractivity (Wildman–Crippen MR) is 112 cm³/mol. The van der Waals surface area contributed by atoms with E-state index >= 15 is 0 Å². The third kappa shape index (κ3) is 3.79. The number of nitrogens with zero attached hydrogens (tertiary/aromatic N) is 1. The summed E-state index contributed by atoms with van der Waals surface area (Å²) in [7, 11) is 1.56. The molecule has 1 amide bonds. The summed E-state index contributed by atoms with van der Waals surface area (Å²) < 4.78 is 11.0. The van der Waals surface area contributed by atoms with Crippen molar-refractivity contribution in [2.75, 3.05) is 12.4 Å². The molecule has 2 N–H and O–H groups in total. The number of hydrogen-bond donors (Lipinski definition) is 2. The van der Waals surface area contributed by atoms with Gasteiger partial charge in [0.05, 0.1) is 23.3 Å². The van der Waals surface area contributed by atoms with E-state index in [1.54, 1.807) is 49.7 Å². The third-order valence-electron chi connectivity index (χ3n) is 4.55. The van der Waals surface area contributed by atoms with Crippen LogP contribution in [0.25, 0.3) is 10.9 Å². The predicted octanol–water partition coefficient (Wildman–Crippen LogP) is 5.13. The van der Waals surface area contributed by atoms with E-state index in [2.05, 4.69) is 10.3 Å².